The lowest BCUT2D eigenvalue weighted by Crippen LogP contribution is -2.32. The molecule has 1 aliphatic rings. The summed E-state index contributed by atoms with van der Waals surface area (Å²) in [6, 6.07) is 12.1. The monoisotopic (exact) mass is 496 g/mol. The lowest BCUT2D eigenvalue weighted by Gasteiger charge is -2.17. The summed E-state index contributed by atoms with van der Waals surface area (Å²) in [7, 11) is 0. The number of nitrogens with two attached hydrogens (primary N) is 1. The average Bonchev–Trinajstić information content (AvgIpc) is 3.22. The highest BCUT2D eigenvalue weighted by Crippen LogP contribution is 2.30. The SMILES string of the molecule is Cc1c(SCCCSCC2CN(C(C)C)C(=O)O2)ccnc1C(N)c1cnc2ccccc2c1. The average molecular weight is 497 g/mol. The number of carbonyl (C=O) groups excluding carboxylic acids is 1. The summed E-state index contributed by atoms with van der Waals surface area (Å²) in [4.78, 5) is 24.0. The minimum atomic E-state index is -0.312. The number of nitrogens with zero attached hydrogens (tertiary/aromatic N) is 3. The number of hydrogen-bond acceptors (Lipinski definition) is 7. The van der Waals surface area contributed by atoms with E-state index < -0.39 is 0 Å². The van der Waals surface area contributed by atoms with E-state index in [1.165, 1.54) is 4.90 Å². The van der Waals surface area contributed by atoms with Crippen LogP contribution in [-0.4, -0.2) is 56.9 Å². The molecule has 1 saturated heterocycles. The van der Waals surface area contributed by atoms with Crippen molar-refractivity contribution in [3.63, 3.8) is 0 Å². The summed E-state index contributed by atoms with van der Waals surface area (Å²) >= 11 is 3.70. The van der Waals surface area contributed by atoms with E-state index in [1.54, 1.807) is 4.90 Å². The highest BCUT2D eigenvalue weighted by molar-refractivity contribution is 8.00. The Kier molecular flexibility index (Phi) is 8.34. The van der Waals surface area contributed by atoms with Crippen molar-refractivity contribution < 1.29 is 9.53 Å². The van der Waals surface area contributed by atoms with Gasteiger partial charge >= 0.3 is 6.09 Å². The summed E-state index contributed by atoms with van der Waals surface area (Å²) in [5.74, 6) is 2.92. The van der Waals surface area contributed by atoms with Gasteiger partial charge in [-0.15, -0.1) is 11.8 Å². The first kappa shape index (κ1) is 24.8. The molecule has 0 bridgehead atoms. The van der Waals surface area contributed by atoms with Gasteiger partial charge in [0.2, 0.25) is 0 Å². The lowest BCUT2D eigenvalue weighted by molar-refractivity contribution is 0.136. The number of amides is 1. The molecule has 1 aliphatic heterocycles. The topological polar surface area (TPSA) is 81.3 Å². The van der Waals surface area contributed by atoms with Crippen molar-refractivity contribution in [2.45, 2.75) is 50.3 Å². The van der Waals surface area contributed by atoms with Crippen molar-refractivity contribution in [2.24, 2.45) is 5.73 Å². The molecule has 34 heavy (non-hydrogen) atoms. The third-order valence-corrected chi connectivity index (χ3v) is 8.41. The molecule has 1 aromatic carbocycles. The molecule has 1 fully saturated rings. The van der Waals surface area contributed by atoms with Crippen molar-refractivity contribution in [3.8, 4) is 0 Å². The number of hydrogen-bond donors (Lipinski definition) is 1. The second kappa shape index (κ2) is 11.4. The number of cyclic esters (lactones) is 1. The van der Waals surface area contributed by atoms with Crippen LogP contribution in [0.1, 0.15) is 43.1 Å². The molecule has 2 unspecified atom stereocenters. The van der Waals surface area contributed by atoms with Crippen molar-refractivity contribution >= 4 is 40.5 Å². The van der Waals surface area contributed by atoms with Gasteiger partial charge in [0.15, 0.2) is 0 Å². The number of benzene rings is 1. The third kappa shape index (κ3) is 5.85. The Hall–Kier alpha value is -2.29. The van der Waals surface area contributed by atoms with Gasteiger partial charge in [-0.2, -0.15) is 11.8 Å². The second-order valence-electron chi connectivity index (χ2n) is 8.79. The first-order valence-corrected chi connectivity index (χ1v) is 13.8. The third-order valence-electron chi connectivity index (χ3n) is 5.98. The number of aromatic nitrogens is 2. The van der Waals surface area contributed by atoms with Crippen LogP contribution in [0.2, 0.25) is 0 Å². The van der Waals surface area contributed by atoms with Crippen LogP contribution in [0.25, 0.3) is 10.9 Å². The maximum absolute atomic E-state index is 11.8. The lowest BCUT2D eigenvalue weighted by atomic mass is 10.0. The molecule has 2 aromatic heterocycles. The molecule has 8 heteroatoms. The molecule has 2 N–H and O–H groups in total. The number of carbonyl (C=O) groups is 1. The molecule has 0 saturated carbocycles. The number of para-hydroxylation sites is 1. The fraction of sp³-hybridized carbons (Fsp3) is 0.423. The zero-order valence-corrected chi connectivity index (χ0v) is 21.6. The van der Waals surface area contributed by atoms with Gasteiger partial charge in [-0.3, -0.25) is 9.97 Å². The maximum atomic E-state index is 11.8. The van der Waals surface area contributed by atoms with E-state index in [4.69, 9.17) is 10.5 Å². The van der Waals surface area contributed by atoms with E-state index in [0.29, 0.717) is 6.54 Å². The first-order valence-electron chi connectivity index (χ1n) is 11.7. The summed E-state index contributed by atoms with van der Waals surface area (Å²) in [6.45, 7) is 6.84. The van der Waals surface area contributed by atoms with Gasteiger partial charge in [0.25, 0.3) is 0 Å². The number of fused-ring (bicyclic) bond motifs is 1. The Balaban J connectivity index is 1.27. The van der Waals surface area contributed by atoms with E-state index in [9.17, 15) is 4.79 Å². The van der Waals surface area contributed by atoms with Gasteiger partial charge in [-0.25, -0.2) is 4.79 Å². The minimum Gasteiger partial charge on any atom is -0.443 e. The van der Waals surface area contributed by atoms with Crippen molar-refractivity contribution in [2.75, 3.05) is 23.8 Å². The van der Waals surface area contributed by atoms with Gasteiger partial charge in [-0.1, -0.05) is 18.2 Å². The zero-order chi connectivity index (χ0) is 24.1. The molecule has 1 amide bonds. The predicted octanol–water partition coefficient (Wildman–Crippen LogP) is 5.43. The molecule has 0 spiro atoms. The van der Waals surface area contributed by atoms with Gasteiger partial charge in [0.1, 0.15) is 6.10 Å². The highest BCUT2D eigenvalue weighted by Gasteiger charge is 2.32. The molecule has 6 nitrogen and oxygen atoms in total. The van der Waals surface area contributed by atoms with Gasteiger partial charge < -0.3 is 15.4 Å². The molecule has 3 heterocycles. The van der Waals surface area contributed by atoms with Crippen molar-refractivity contribution in [1.29, 1.82) is 0 Å². The van der Waals surface area contributed by atoms with Crippen molar-refractivity contribution in [1.82, 2.24) is 14.9 Å². The summed E-state index contributed by atoms with van der Waals surface area (Å²) in [5, 5.41) is 1.08. The molecule has 0 radical (unpaired) electrons. The summed E-state index contributed by atoms with van der Waals surface area (Å²) < 4.78 is 5.46. The smallest absolute Gasteiger partial charge is 0.410 e. The van der Waals surface area contributed by atoms with Crippen LogP contribution in [0, 0.1) is 6.92 Å². The minimum absolute atomic E-state index is 0.00337. The summed E-state index contributed by atoms with van der Waals surface area (Å²) in [5.41, 5.74) is 10.6. The van der Waals surface area contributed by atoms with Crippen LogP contribution in [0.5, 0.6) is 0 Å². The molecule has 4 rings (SSSR count). The van der Waals surface area contributed by atoms with Crippen LogP contribution in [0.4, 0.5) is 4.79 Å². The fourth-order valence-corrected chi connectivity index (χ4v) is 6.15. The Morgan fingerprint density at radius 3 is 2.82 bits per heavy atom. The Morgan fingerprint density at radius 2 is 2.03 bits per heavy atom. The molecule has 3 aromatic rings. The van der Waals surface area contributed by atoms with Gasteiger partial charge in [-0.05, 0) is 68.0 Å². The van der Waals surface area contributed by atoms with E-state index in [1.807, 2.05) is 68.0 Å². The van der Waals surface area contributed by atoms with Crippen LogP contribution in [0.15, 0.2) is 53.7 Å². The quantitative estimate of drug-likeness (QED) is 0.296. The Bertz CT molecular complexity index is 1140. The molecular formula is C26H32N4O2S2. The van der Waals surface area contributed by atoms with Crippen LogP contribution in [0.3, 0.4) is 0 Å². The summed E-state index contributed by atoms with van der Waals surface area (Å²) in [6.07, 6.45) is 4.61. The number of ether oxygens (including phenoxy) is 1. The van der Waals surface area contributed by atoms with Crippen LogP contribution < -0.4 is 5.73 Å². The number of thioether (sulfide) groups is 2. The molecule has 180 valence electrons. The van der Waals surface area contributed by atoms with E-state index in [2.05, 4.69) is 35.1 Å². The Labute approximate surface area is 210 Å². The maximum Gasteiger partial charge on any atom is 0.410 e. The zero-order valence-electron chi connectivity index (χ0n) is 19.9. The van der Waals surface area contributed by atoms with Crippen molar-refractivity contribution in [3.05, 3.63) is 65.6 Å². The second-order valence-corrected chi connectivity index (χ2v) is 11.1. The van der Waals surface area contributed by atoms with Gasteiger partial charge in [0, 0.05) is 34.5 Å². The van der Waals surface area contributed by atoms with E-state index in [0.717, 1.165) is 51.4 Å². The fourth-order valence-electron chi connectivity index (χ4n) is 4.03. The molecule has 2 atom stereocenters. The normalized spacial score (nSPS) is 16.9. The Morgan fingerprint density at radius 1 is 1.21 bits per heavy atom. The van der Waals surface area contributed by atoms with E-state index in [-0.39, 0.29) is 24.3 Å². The highest BCUT2D eigenvalue weighted by atomic mass is 32.2. The van der Waals surface area contributed by atoms with Crippen LogP contribution >= 0.6 is 23.5 Å². The first-order chi connectivity index (χ1) is 16.4. The molecule has 0 aliphatic carbocycles. The van der Waals surface area contributed by atoms with Gasteiger partial charge in [0.05, 0.1) is 23.8 Å². The largest absolute Gasteiger partial charge is 0.443 e. The predicted molar refractivity (Wildman–Crippen MR) is 142 cm³/mol. The molecular weight excluding hydrogens is 464 g/mol. The van der Waals surface area contributed by atoms with E-state index >= 15 is 0 Å². The number of pyridine rings is 2. The van der Waals surface area contributed by atoms with Crippen LogP contribution in [-0.2, 0) is 4.74 Å². The number of rotatable bonds is 10. The standard InChI is InChI=1S/C26H32N4O2S2/c1-17(2)30-15-21(32-26(30)31)16-33-11-6-12-34-23-9-10-28-25(18(23)3)24(27)20-13-19-7-4-5-8-22(19)29-14-20/h4-5,7-10,13-14,17,21,24H,6,11-12,15-16,27H2,1-3H3.